The summed E-state index contributed by atoms with van der Waals surface area (Å²) < 4.78 is 56.1. The maximum Gasteiger partial charge on any atom is 0.291 e. The molecular weight excluding hydrogens is 496 g/mol. The zero-order chi connectivity index (χ0) is 25.1. The molecule has 3 heterocycles. The Labute approximate surface area is 206 Å². The van der Waals surface area contributed by atoms with Crippen molar-refractivity contribution < 1.29 is 17.2 Å². The average molecular weight is 524 g/mol. The molecule has 1 aliphatic heterocycles. The number of nitrogens with zero attached hydrogens (tertiary/aromatic N) is 5. The smallest absolute Gasteiger partial charge is 0.291 e. The first-order chi connectivity index (χ1) is 16.5. The second-order valence-corrected chi connectivity index (χ2v) is 12.2. The molecule has 0 spiro atoms. The number of piperazine rings is 1. The lowest BCUT2D eigenvalue weighted by Crippen LogP contribution is -2.55. The SMILES string of the molecule is Cc1nc(-c2nnc(C(F)F)s2)c2cc(S(=O)(=O)NC3(C)CC3)cc(N3CCNC(C)C3C)c2n1. The third kappa shape index (κ3) is 4.61. The Kier molecular flexibility index (Phi) is 6.01. The third-order valence-electron chi connectivity index (χ3n) is 6.73. The van der Waals surface area contributed by atoms with Crippen LogP contribution in [-0.4, -0.2) is 59.3 Å². The molecule has 5 rings (SSSR count). The highest BCUT2D eigenvalue weighted by molar-refractivity contribution is 7.89. The minimum Gasteiger partial charge on any atom is -0.364 e. The van der Waals surface area contributed by atoms with Crippen LogP contribution in [0, 0.1) is 6.92 Å². The van der Waals surface area contributed by atoms with Crippen molar-refractivity contribution in [3.63, 3.8) is 0 Å². The highest BCUT2D eigenvalue weighted by atomic mass is 32.2. The Balaban J connectivity index is 1.76. The van der Waals surface area contributed by atoms with Crippen molar-refractivity contribution in [3.05, 3.63) is 23.0 Å². The summed E-state index contributed by atoms with van der Waals surface area (Å²) in [5, 5.41) is 11.2. The molecule has 13 heteroatoms. The molecule has 9 nitrogen and oxygen atoms in total. The van der Waals surface area contributed by atoms with Gasteiger partial charge in [-0.05, 0) is 52.7 Å². The summed E-state index contributed by atoms with van der Waals surface area (Å²) in [5.74, 6) is 0.428. The maximum atomic E-state index is 13.4. The monoisotopic (exact) mass is 523 g/mol. The van der Waals surface area contributed by atoms with E-state index in [1.54, 1.807) is 13.0 Å². The number of aromatic nitrogens is 4. The molecule has 188 valence electrons. The lowest BCUT2D eigenvalue weighted by molar-refractivity contribution is 0.150. The summed E-state index contributed by atoms with van der Waals surface area (Å²) in [6.45, 7) is 9.12. The first kappa shape index (κ1) is 24.3. The number of hydrogen-bond acceptors (Lipinski definition) is 9. The lowest BCUT2D eigenvalue weighted by atomic mass is 10.0. The van der Waals surface area contributed by atoms with Crippen LogP contribution in [0.15, 0.2) is 17.0 Å². The van der Waals surface area contributed by atoms with Crippen LogP contribution in [0.5, 0.6) is 0 Å². The number of sulfonamides is 1. The van der Waals surface area contributed by atoms with Crippen LogP contribution in [0.3, 0.4) is 0 Å². The lowest BCUT2D eigenvalue weighted by Gasteiger charge is -2.40. The zero-order valence-corrected chi connectivity index (χ0v) is 21.5. The summed E-state index contributed by atoms with van der Waals surface area (Å²) in [4.78, 5) is 11.4. The van der Waals surface area contributed by atoms with E-state index in [2.05, 4.69) is 49.0 Å². The molecule has 0 amide bonds. The van der Waals surface area contributed by atoms with Gasteiger partial charge in [-0.3, -0.25) is 0 Å². The molecule has 0 bridgehead atoms. The van der Waals surface area contributed by atoms with Gasteiger partial charge in [-0.2, -0.15) is 0 Å². The van der Waals surface area contributed by atoms with E-state index in [-0.39, 0.29) is 22.0 Å². The first-order valence-corrected chi connectivity index (χ1v) is 13.8. The topological polar surface area (TPSA) is 113 Å². The molecule has 2 aliphatic rings. The van der Waals surface area contributed by atoms with Gasteiger partial charge < -0.3 is 10.2 Å². The summed E-state index contributed by atoms with van der Waals surface area (Å²) in [6, 6.07) is 3.40. The molecule has 2 unspecified atom stereocenters. The van der Waals surface area contributed by atoms with Gasteiger partial charge in [0.1, 0.15) is 11.5 Å². The summed E-state index contributed by atoms with van der Waals surface area (Å²) in [6.07, 6.45) is -1.21. The van der Waals surface area contributed by atoms with Gasteiger partial charge in [0, 0.05) is 36.1 Å². The second kappa shape index (κ2) is 8.64. The number of rotatable bonds is 6. The fourth-order valence-electron chi connectivity index (χ4n) is 4.33. The Bertz CT molecular complexity index is 1390. The molecule has 1 aliphatic carbocycles. The molecule has 2 N–H and O–H groups in total. The quantitative estimate of drug-likeness (QED) is 0.506. The number of benzene rings is 1. The van der Waals surface area contributed by atoms with Gasteiger partial charge in [0.25, 0.3) is 6.43 Å². The van der Waals surface area contributed by atoms with E-state index in [0.717, 1.165) is 30.7 Å². The van der Waals surface area contributed by atoms with E-state index in [4.69, 9.17) is 0 Å². The summed E-state index contributed by atoms with van der Waals surface area (Å²) >= 11 is 0.742. The molecule has 2 atom stereocenters. The van der Waals surface area contributed by atoms with Crippen LogP contribution in [0.2, 0.25) is 0 Å². The van der Waals surface area contributed by atoms with Crippen molar-refractivity contribution in [2.75, 3.05) is 18.0 Å². The number of aryl methyl sites for hydroxylation is 1. The van der Waals surface area contributed by atoms with E-state index >= 15 is 0 Å². The third-order valence-corrected chi connectivity index (χ3v) is 9.29. The standard InChI is InChI=1S/C22H27F2N7O2S2/c1-11-12(2)31(8-7-25-11)16-10-14(35(32,33)30-22(4)5-6-22)9-15-17(16)26-13(3)27-18(15)20-28-29-21(34-20)19(23)24/h9-12,19,25,30H,5-8H2,1-4H3. The molecular formula is C22H27F2N7O2S2. The Morgan fingerprint density at radius 2 is 1.97 bits per heavy atom. The molecule has 0 radical (unpaired) electrons. The van der Waals surface area contributed by atoms with Crippen molar-refractivity contribution in [3.8, 4) is 10.7 Å². The maximum absolute atomic E-state index is 13.4. The average Bonchev–Trinajstić information content (AvgIpc) is 3.30. The Morgan fingerprint density at radius 3 is 2.63 bits per heavy atom. The van der Waals surface area contributed by atoms with Gasteiger partial charge in [-0.1, -0.05) is 11.3 Å². The van der Waals surface area contributed by atoms with Crippen molar-refractivity contribution in [1.82, 2.24) is 30.2 Å². The largest absolute Gasteiger partial charge is 0.364 e. The van der Waals surface area contributed by atoms with Gasteiger partial charge in [0.2, 0.25) is 10.0 Å². The molecule has 2 aromatic heterocycles. The normalized spacial score (nSPS) is 22.2. The fourth-order valence-corrected chi connectivity index (χ4v) is 6.54. The van der Waals surface area contributed by atoms with Crippen molar-refractivity contribution in [2.24, 2.45) is 0 Å². The second-order valence-electron chi connectivity index (χ2n) is 9.55. The van der Waals surface area contributed by atoms with E-state index in [9.17, 15) is 17.2 Å². The van der Waals surface area contributed by atoms with Gasteiger partial charge in [0.15, 0.2) is 10.0 Å². The molecule has 35 heavy (non-hydrogen) atoms. The van der Waals surface area contributed by atoms with Crippen LogP contribution < -0.4 is 14.9 Å². The van der Waals surface area contributed by atoms with E-state index in [1.807, 2.05) is 6.92 Å². The number of fused-ring (bicyclic) bond motifs is 1. The number of alkyl halides is 2. The van der Waals surface area contributed by atoms with Crippen LogP contribution in [0.1, 0.15) is 50.9 Å². The Morgan fingerprint density at radius 1 is 1.23 bits per heavy atom. The number of anilines is 1. The molecule has 1 saturated heterocycles. The number of hydrogen-bond donors (Lipinski definition) is 2. The van der Waals surface area contributed by atoms with Crippen molar-refractivity contribution in [2.45, 2.75) is 69.5 Å². The van der Waals surface area contributed by atoms with E-state index < -0.39 is 27.0 Å². The van der Waals surface area contributed by atoms with E-state index in [1.165, 1.54) is 6.07 Å². The summed E-state index contributed by atoms with van der Waals surface area (Å²) in [5.41, 5.74) is 1.06. The van der Waals surface area contributed by atoms with Gasteiger partial charge >= 0.3 is 0 Å². The van der Waals surface area contributed by atoms with Gasteiger partial charge in [-0.25, -0.2) is 31.9 Å². The summed E-state index contributed by atoms with van der Waals surface area (Å²) in [7, 11) is -3.86. The van der Waals surface area contributed by atoms with Crippen LogP contribution in [-0.2, 0) is 10.0 Å². The minimum absolute atomic E-state index is 0.0597. The highest BCUT2D eigenvalue weighted by Gasteiger charge is 2.41. The molecule has 3 aromatic rings. The highest BCUT2D eigenvalue weighted by Crippen LogP contribution is 2.40. The van der Waals surface area contributed by atoms with E-state index in [0.29, 0.717) is 34.7 Å². The predicted octanol–water partition coefficient (Wildman–Crippen LogP) is 3.41. The minimum atomic E-state index is -3.86. The zero-order valence-electron chi connectivity index (χ0n) is 19.8. The molecule has 1 saturated carbocycles. The first-order valence-electron chi connectivity index (χ1n) is 11.5. The molecule has 1 aromatic carbocycles. The van der Waals surface area contributed by atoms with Gasteiger partial charge in [0.05, 0.1) is 16.1 Å². The predicted molar refractivity (Wildman–Crippen MR) is 130 cm³/mol. The van der Waals surface area contributed by atoms with Gasteiger partial charge in [-0.15, -0.1) is 10.2 Å². The van der Waals surface area contributed by atoms with Crippen LogP contribution in [0.25, 0.3) is 21.6 Å². The molecule has 2 fully saturated rings. The fraction of sp³-hybridized carbons (Fsp3) is 0.545. The van der Waals surface area contributed by atoms with Crippen LogP contribution >= 0.6 is 11.3 Å². The number of nitrogens with one attached hydrogen (secondary N) is 2. The van der Waals surface area contributed by atoms with Crippen molar-refractivity contribution >= 4 is 38.0 Å². The van der Waals surface area contributed by atoms with Crippen molar-refractivity contribution in [1.29, 1.82) is 0 Å². The Hall–Kier alpha value is -2.35. The van der Waals surface area contributed by atoms with Crippen LogP contribution in [0.4, 0.5) is 14.5 Å². The number of halogens is 2.